The summed E-state index contributed by atoms with van der Waals surface area (Å²) in [5.41, 5.74) is 2.81. The molecule has 1 N–H and O–H groups in total. The molecule has 4 nitrogen and oxygen atoms in total. The number of anilines is 1. The van der Waals surface area contributed by atoms with Gasteiger partial charge in [-0.25, -0.2) is 4.39 Å². The van der Waals surface area contributed by atoms with Gasteiger partial charge >= 0.3 is 0 Å². The lowest BCUT2D eigenvalue weighted by Gasteiger charge is -2.07. The standard InChI is InChI=1S/C15H11BrFN3O/c16-13-7-10(1-6-14(13)17)8-18-12-4-2-11(3-5-12)15-20-19-9-21-15/h1-7,9,18H,8H2. The number of rotatable bonds is 4. The molecule has 0 aliphatic rings. The third-order valence-electron chi connectivity index (χ3n) is 2.97. The zero-order valence-electron chi connectivity index (χ0n) is 10.9. The van der Waals surface area contributed by atoms with Gasteiger partial charge in [0.15, 0.2) is 0 Å². The Labute approximate surface area is 129 Å². The highest BCUT2D eigenvalue weighted by molar-refractivity contribution is 9.10. The minimum Gasteiger partial charge on any atom is -0.423 e. The van der Waals surface area contributed by atoms with E-state index in [1.807, 2.05) is 24.3 Å². The molecule has 21 heavy (non-hydrogen) atoms. The highest BCUT2D eigenvalue weighted by atomic mass is 79.9. The molecule has 6 heteroatoms. The van der Waals surface area contributed by atoms with Crippen molar-refractivity contribution < 1.29 is 8.81 Å². The number of halogens is 2. The normalized spacial score (nSPS) is 10.6. The van der Waals surface area contributed by atoms with Crippen LogP contribution in [0.25, 0.3) is 11.5 Å². The number of benzene rings is 2. The van der Waals surface area contributed by atoms with Crippen molar-refractivity contribution in [2.45, 2.75) is 6.54 Å². The fourth-order valence-electron chi connectivity index (χ4n) is 1.88. The minimum atomic E-state index is -0.261. The average Bonchev–Trinajstić information content (AvgIpc) is 3.03. The molecule has 3 rings (SSSR count). The molecule has 0 radical (unpaired) electrons. The molecule has 0 spiro atoms. The second-order valence-electron chi connectivity index (χ2n) is 4.42. The summed E-state index contributed by atoms with van der Waals surface area (Å²) in [6.45, 7) is 0.610. The molecule has 0 unspecified atom stereocenters. The van der Waals surface area contributed by atoms with Gasteiger partial charge in [0.1, 0.15) is 5.82 Å². The van der Waals surface area contributed by atoms with Crippen LogP contribution in [0.3, 0.4) is 0 Å². The van der Waals surface area contributed by atoms with Crippen molar-refractivity contribution in [3.63, 3.8) is 0 Å². The SMILES string of the molecule is Fc1ccc(CNc2ccc(-c3nnco3)cc2)cc1Br. The first-order valence-electron chi connectivity index (χ1n) is 6.27. The third-order valence-corrected chi connectivity index (χ3v) is 3.58. The van der Waals surface area contributed by atoms with Crippen molar-refractivity contribution in [1.29, 1.82) is 0 Å². The molecule has 1 aromatic heterocycles. The van der Waals surface area contributed by atoms with Crippen molar-refractivity contribution in [2.24, 2.45) is 0 Å². The van der Waals surface area contributed by atoms with Crippen LogP contribution in [0.2, 0.25) is 0 Å². The van der Waals surface area contributed by atoms with Gasteiger partial charge in [0.05, 0.1) is 4.47 Å². The predicted octanol–water partition coefficient (Wildman–Crippen LogP) is 4.25. The smallest absolute Gasteiger partial charge is 0.247 e. The van der Waals surface area contributed by atoms with Crippen LogP contribution in [-0.2, 0) is 6.54 Å². The Morgan fingerprint density at radius 1 is 1.14 bits per heavy atom. The fourth-order valence-corrected chi connectivity index (χ4v) is 2.31. The lowest BCUT2D eigenvalue weighted by molar-refractivity contribution is 0.568. The molecule has 0 amide bonds. The largest absolute Gasteiger partial charge is 0.423 e. The lowest BCUT2D eigenvalue weighted by Crippen LogP contribution is -1.99. The van der Waals surface area contributed by atoms with E-state index in [4.69, 9.17) is 4.42 Å². The number of hydrogen-bond acceptors (Lipinski definition) is 4. The van der Waals surface area contributed by atoms with E-state index in [1.165, 1.54) is 12.5 Å². The van der Waals surface area contributed by atoms with Gasteiger partial charge in [-0.05, 0) is 57.9 Å². The van der Waals surface area contributed by atoms with Gasteiger partial charge in [0, 0.05) is 17.8 Å². The van der Waals surface area contributed by atoms with Gasteiger partial charge in [0.2, 0.25) is 12.3 Å². The highest BCUT2D eigenvalue weighted by Crippen LogP contribution is 2.20. The molecule has 0 fully saturated rings. The first kappa shape index (κ1) is 13.8. The Hall–Kier alpha value is -2.21. The first-order valence-corrected chi connectivity index (χ1v) is 7.06. The van der Waals surface area contributed by atoms with E-state index in [0.717, 1.165) is 16.8 Å². The van der Waals surface area contributed by atoms with Crippen LogP contribution in [0.15, 0.2) is 57.7 Å². The summed E-state index contributed by atoms with van der Waals surface area (Å²) in [4.78, 5) is 0. The molecule has 0 aliphatic carbocycles. The molecular weight excluding hydrogens is 337 g/mol. The van der Waals surface area contributed by atoms with Crippen LogP contribution in [-0.4, -0.2) is 10.2 Å². The fraction of sp³-hybridized carbons (Fsp3) is 0.0667. The van der Waals surface area contributed by atoms with E-state index in [1.54, 1.807) is 12.1 Å². The van der Waals surface area contributed by atoms with Crippen molar-refractivity contribution in [3.05, 3.63) is 64.7 Å². The zero-order valence-corrected chi connectivity index (χ0v) is 12.5. The van der Waals surface area contributed by atoms with Gasteiger partial charge in [-0.1, -0.05) is 6.07 Å². The monoisotopic (exact) mass is 347 g/mol. The lowest BCUT2D eigenvalue weighted by atomic mass is 10.2. The van der Waals surface area contributed by atoms with Crippen LogP contribution < -0.4 is 5.32 Å². The average molecular weight is 348 g/mol. The van der Waals surface area contributed by atoms with Gasteiger partial charge in [-0.3, -0.25) is 0 Å². The van der Waals surface area contributed by atoms with E-state index >= 15 is 0 Å². The third kappa shape index (κ3) is 3.28. The van der Waals surface area contributed by atoms with E-state index in [0.29, 0.717) is 16.9 Å². The van der Waals surface area contributed by atoms with E-state index in [9.17, 15) is 4.39 Å². The van der Waals surface area contributed by atoms with Crippen LogP contribution in [0.5, 0.6) is 0 Å². The van der Waals surface area contributed by atoms with Crippen LogP contribution in [0, 0.1) is 5.82 Å². The maximum absolute atomic E-state index is 13.2. The van der Waals surface area contributed by atoms with Crippen LogP contribution >= 0.6 is 15.9 Å². The van der Waals surface area contributed by atoms with Crippen molar-refractivity contribution in [3.8, 4) is 11.5 Å². The van der Waals surface area contributed by atoms with Crippen LogP contribution in [0.4, 0.5) is 10.1 Å². The number of aromatic nitrogens is 2. The maximum Gasteiger partial charge on any atom is 0.247 e. The second-order valence-corrected chi connectivity index (χ2v) is 5.28. The number of hydrogen-bond donors (Lipinski definition) is 1. The highest BCUT2D eigenvalue weighted by Gasteiger charge is 2.03. The Kier molecular flexibility index (Phi) is 3.96. The molecule has 0 atom stereocenters. The topological polar surface area (TPSA) is 51.0 Å². The molecule has 1 heterocycles. The number of nitrogens with one attached hydrogen (secondary N) is 1. The Bertz CT molecular complexity index is 729. The van der Waals surface area contributed by atoms with Gasteiger partial charge in [-0.15, -0.1) is 10.2 Å². The maximum atomic E-state index is 13.2. The number of nitrogens with zero attached hydrogens (tertiary/aromatic N) is 2. The predicted molar refractivity (Wildman–Crippen MR) is 81.2 cm³/mol. The second kappa shape index (κ2) is 6.05. The molecule has 2 aromatic carbocycles. The molecule has 0 aliphatic heterocycles. The quantitative estimate of drug-likeness (QED) is 0.766. The first-order chi connectivity index (χ1) is 10.2. The Morgan fingerprint density at radius 3 is 2.62 bits per heavy atom. The van der Waals surface area contributed by atoms with E-state index in [2.05, 4.69) is 31.4 Å². The van der Waals surface area contributed by atoms with Crippen LogP contribution in [0.1, 0.15) is 5.56 Å². The van der Waals surface area contributed by atoms with Gasteiger partial charge in [0.25, 0.3) is 0 Å². The summed E-state index contributed by atoms with van der Waals surface area (Å²) in [6.07, 6.45) is 1.30. The summed E-state index contributed by atoms with van der Waals surface area (Å²) in [5.74, 6) is 0.228. The minimum absolute atomic E-state index is 0.261. The molecule has 3 aromatic rings. The summed E-state index contributed by atoms with van der Waals surface area (Å²) < 4.78 is 18.7. The van der Waals surface area contributed by atoms with Crippen molar-refractivity contribution in [1.82, 2.24) is 10.2 Å². The molecule has 0 saturated heterocycles. The summed E-state index contributed by atoms with van der Waals surface area (Å²) >= 11 is 3.18. The van der Waals surface area contributed by atoms with Crippen molar-refractivity contribution >= 4 is 21.6 Å². The van der Waals surface area contributed by atoms with Gasteiger partial charge < -0.3 is 9.73 Å². The van der Waals surface area contributed by atoms with Crippen molar-refractivity contribution in [2.75, 3.05) is 5.32 Å². The van der Waals surface area contributed by atoms with E-state index < -0.39 is 0 Å². The Balaban J connectivity index is 1.66. The molecular formula is C15H11BrFN3O. The summed E-state index contributed by atoms with van der Waals surface area (Å²) in [6, 6.07) is 12.6. The Morgan fingerprint density at radius 2 is 1.95 bits per heavy atom. The molecule has 0 bridgehead atoms. The summed E-state index contributed by atoms with van der Waals surface area (Å²) in [5, 5.41) is 10.8. The molecule has 106 valence electrons. The summed E-state index contributed by atoms with van der Waals surface area (Å²) in [7, 11) is 0. The van der Waals surface area contributed by atoms with E-state index in [-0.39, 0.29) is 5.82 Å². The van der Waals surface area contributed by atoms with Gasteiger partial charge in [-0.2, -0.15) is 0 Å². The molecule has 0 saturated carbocycles. The zero-order chi connectivity index (χ0) is 14.7.